The Labute approximate surface area is 133 Å². The number of halogens is 1. The lowest BCUT2D eigenvalue weighted by atomic mass is 9.57. The first-order valence-electron chi connectivity index (χ1n) is 8.24. The summed E-state index contributed by atoms with van der Waals surface area (Å²) in [5.74, 6) is 1.85. The van der Waals surface area contributed by atoms with Gasteiger partial charge >= 0.3 is 0 Å². The van der Waals surface area contributed by atoms with Crippen LogP contribution in [0.25, 0.3) is 0 Å². The van der Waals surface area contributed by atoms with Crippen LogP contribution in [-0.4, -0.2) is 19.7 Å². The number of ether oxygens (including phenoxy) is 1. The second-order valence-electron chi connectivity index (χ2n) is 6.84. The van der Waals surface area contributed by atoms with E-state index in [1.165, 1.54) is 44.1 Å². The number of nitrogens with one attached hydrogen (secondary N) is 1. The van der Waals surface area contributed by atoms with Gasteiger partial charge in [0.1, 0.15) is 5.75 Å². The summed E-state index contributed by atoms with van der Waals surface area (Å²) in [4.78, 5) is 0. The van der Waals surface area contributed by atoms with E-state index in [0.29, 0.717) is 0 Å². The smallest absolute Gasteiger partial charge is 0.122 e. The van der Waals surface area contributed by atoms with Gasteiger partial charge in [0.05, 0.1) is 7.11 Å². The van der Waals surface area contributed by atoms with Crippen LogP contribution >= 0.6 is 11.6 Å². The molecule has 3 rings (SSSR count). The third-order valence-corrected chi connectivity index (χ3v) is 5.33. The van der Waals surface area contributed by atoms with E-state index < -0.39 is 0 Å². The average Bonchev–Trinajstić information content (AvgIpc) is 3.25. The summed E-state index contributed by atoms with van der Waals surface area (Å²) in [6.45, 7) is 3.34. The van der Waals surface area contributed by atoms with Crippen LogP contribution in [0.1, 0.15) is 51.0 Å². The van der Waals surface area contributed by atoms with Crippen molar-refractivity contribution in [1.82, 2.24) is 5.32 Å². The lowest BCUT2D eigenvalue weighted by Crippen LogP contribution is -2.49. The number of hydrogen-bond acceptors (Lipinski definition) is 2. The van der Waals surface area contributed by atoms with Gasteiger partial charge in [0, 0.05) is 28.6 Å². The molecule has 0 radical (unpaired) electrons. The molecule has 2 saturated carbocycles. The standard InChI is InChI=1S/C18H26ClNO/c1-3-4-13-10-18(11-13,12-20-15-6-7-15)16-9-14(19)5-8-17(16)21-2/h5,8-9,13,15,20H,3-4,6-7,10-12H2,1-2H3. The third kappa shape index (κ3) is 3.22. The predicted molar refractivity (Wildman–Crippen MR) is 88.3 cm³/mol. The van der Waals surface area contributed by atoms with Crippen LogP contribution in [-0.2, 0) is 5.41 Å². The molecule has 116 valence electrons. The minimum Gasteiger partial charge on any atom is -0.496 e. The summed E-state index contributed by atoms with van der Waals surface area (Å²) in [6, 6.07) is 6.81. The molecule has 0 unspecified atom stereocenters. The first-order valence-corrected chi connectivity index (χ1v) is 8.62. The maximum atomic E-state index is 6.26. The van der Waals surface area contributed by atoms with Gasteiger partial charge in [-0.25, -0.2) is 0 Å². The number of rotatable bonds is 7. The van der Waals surface area contributed by atoms with Crippen LogP contribution in [0, 0.1) is 5.92 Å². The molecular weight excluding hydrogens is 282 g/mol. The number of benzene rings is 1. The summed E-state index contributed by atoms with van der Waals surface area (Å²) in [7, 11) is 1.76. The van der Waals surface area contributed by atoms with Crippen LogP contribution in [0.5, 0.6) is 5.75 Å². The lowest BCUT2D eigenvalue weighted by Gasteiger charge is -2.49. The monoisotopic (exact) mass is 307 g/mol. The van der Waals surface area contributed by atoms with Gasteiger partial charge in [0.15, 0.2) is 0 Å². The first kappa shape index (κ1) is 15.2. The highest BCUT2D eigenvalue weighted by Gasteiger charge is 2.46. The molecule has 0 saturated heterocycles. The van der Waals surface area contributed by atoms with Crippen LogP contribution < -0.4 is 10.1 Å². The van der Waals surface area contributed by atoms with E-state index in [0.717, 1.165) is 29.3 Å². The molecule has 0 heterocycles. The Morgan fingerprint density at radius 2 is 2.10 bits per heavy atom. The molecule has 2 fully saturated rings. The van der Waals surface area contributed by atoms with Crippen molar-refractivity contribution < 1.29 is 4.74 Å². The van der Waals surface area contributed by atoms with Crippen LogP contribution in [0.2, 0.25) is 5.02 Å². The predicted octanol–water partition coefficient (Wildman–Crippen LogP) is 4.55. The van der Waals surface area contributed by atoms with Gasteiger partial charge in [0.2, 0.25) is 0 Å². The van der Waals surface area contributed by atoms with Crippen molar-refractivity contribution in [3.8, 4) is 5.75 Å². The topological polar surface area (TPSA) is 21.3 Å². The zero-order valence-corrected chi connectivity index (χ0v) is 13.9. The summed E-state index contributed by atoms with van der Waals surface area (Å²) in [5, 5.41) is 4.55. The van der Waals surface area contributed by atoms with Crippen molar-refractivity contribution in [2.75, 3.05) is 13.7 Å². The minimum absolute atomic E-state index is 0.221. The van der Waals surface area contributed by atoms with Crippen molar-refractivity contribution in [3.63, 3.8) is 0 Å². The fourth-order valence-electron chi connectivity index (χ4n) is 3.84. The van der Waals surface area contributed by atoms with Crippen LogP contribution in [0.4, 0.5) is 0 Å². The van der Waals surface area contributed by atoms with Gasteiger partial charge in [-0.3, -0.25) is 0 Å². The van der Waals surface area contributed by atoms with E-state index in [9.17, 15) is 0 Å². The highest BCUT2D eigenvalue weighted by Crippen LogP contribution is 2.52. The maximum Gasteiger partial charge on any atom is 0.122 e. The molecule has 0 amide bonds. The quantitative estimate of drug-likeness (QED) is 0.798. The van der Waals surface area contributed by atoms with Gasteiger partial charge < -0.3 is 10.1 Å². The molecule has 0 aliphatic heterocycles. The SMILES string of the molecule is CCCC1CC(CNC2CC2)(c2cc(Cl)ccc2OC)C1. The van der Waals surface area contributed by atoms with Crippen molar-refractivity contribution >= 4 is 11.6 Å². The van der Waals surface area contributed by atoms with Gasteiger partial charge in [-0.05, 0) is 49.8 Å². The second kappa shape index (κ2) is 6.18. The minimum atomic E-state index is 0.221. The summed E-state index contributed by atoms with van der Waals surface area (Å²) < 4.78 is 5.61. The molecular formula is C18H26ClNO. The van der Waals surface area contributed by atoms with Crippen molar-refractivity contribution in [2.24, 2.45) is 5.92 Å². The Bertz CT molecular complexity index is 492. The second-order valence-corrected chi connectivity index (χ2v) is 7.28. The largest absolute Gasteiger partial charge is 0.496 e. The van der Waals surface area contributed by atoms with Crippen molar-refractivity contribution in [2.45, 2.75) is 56.9 Å². The Balaban J connectivity index is 1.82. The maximum absolute atomic E-state index is 6.26. The Morgan fingerprint density at radius 3 is 2.71 bits per heavy atom. The van der Waals surface area contributed by atoms with Crippen LogP contribution in [0.3, 0.4) is 0 Å². The number of hydrogen-bond donors (Lipinski definition) is 1. The van der Waals surface area contributed by atoms with Gasteiger partial charge in [-0.15, -0.1) is 0 Å². The average molecular weight is 308 g/mol. The Hall–Kier alpha value is -0.730. The molecule has 0 bridgehead atoms. The zero-order valence-electron chi connectivity index (χ0n) is 13.1. The number of methoxy groups -OCH3 is 1. The van der Waals surface area contributed by atoms with Gasteiger partial charge in [-0.2, -0.15) is 0 Å². The lowest BCUT2D eigenvalue weighted by molar-refractivity contribution is 0.125. The van der Waals surface area contributed by atoms with Gasteiger partial charge in [-0.1, -0.05) is 31.4 Å². The van der Waals surface area contributed by atoms with E-state index in [1.54, 1.807) is 7.11 Å². The van der Waals surface area contributed by atoms with E-state index >= 15 is 0 Å². The van der Waals surface area contributed by atoms with E-state index in [2.05, 4.69) is 18.3 Å². The molecule has 0 atom stereocenters. The van der Waals surface area contributed by atoms with E-state index in [1.807, 2.05) is 12.1 Å². The molecule has 21 heavy (non-hydrogen) atoms. The fraction of sp³-hybridized carbons (Fsp3) is 0.667. The normalized spacial score (nSPS) is 28.2. The van der Waals surface area contributed by atoms with Gasteiger partial charge in [0.25, 0.3) is 0 Å². The van der Waals surface area contributed by atoms with Crippen molar-refractivity contribution in [3.05, 3.63) is 28.8 Å². The molecule has 2 aliphatic carbocycles. The molecule has 1 aromatic carbocycles. The van der Waals surface area contributed by atoms with Crippen molar-refractivity contribution in [1.29, 1.82) is 0 Å². The summed E-state index contributed by atoms with van der Waals surface area (Å²) >= 11 is 6.26. The molecule has 3 heteroatoms. The molecule has 2 aliphatic rings. The summed E-state index contributed by atoms with van der Waals surface area (Å²) in [6.07, 6.45) is 7.81. The highest BCUT2D eigenvalue weighted by atomic mass is 35.5. The fourth-order valence-corrected chi connectivity index (χ4v) is 4.01. The molecule has 1 aromatic rings. The molecule has 0 aromatic heterocycles. The Morgan fingerprint density at radius 1 is 1.33 bits per heavy atom. The Kier molecular flexibility index (Phi) is 4.46. The zero-order chi connectivity index (χ0) is 14.9. The molecule has 2 nitrogen and oxygen atoms in total. The van der Waals surface area contributed by atoms with Crippen LogP contribution in [0.15, 0.2) is 18.2 Å². The van der Waals surface area contributed by atoms with E-state index in [-0.39, 0.29) is 5.41 Å². The first-order chi connectivity index (χ1) is 10.2. The summed E-state index contributed by atoms with van der Waals surface area (Å²) in [5.41, 5.74) is 1.52. The van der Waals surface area contributed by atoms with E-state index in [4.69, 9.17) is 16.3 Å². The molecule has 1 N–H and O–H groups in total. The molecule has 0 spiro atoms. The highest BCUT2D eigenvalue weighted by molar-refractivity contribution is 6.30. The third-order valence-electron chi connectivity index (χ3n) is 5.10.